The lowest BCUT2D eigenvalue weighted by atomic mass is 9.95. The molecule has 0 aliphatic heterocycles. The fraction of sp³-hybridized carbons (Fsp3) is 0.429. The Hall–Kier alpha value is -3.65. The molecule has 1 fully saturated rings. The van der Waals surface area contributed by atoms with Gasteiger partial charge in [0.1, 0.15) is 12.6 Å². The summed E-state index contributed by atoms with van der Waals surface area (Å²) in [4.78, 5) is 29.8. The van der Waals surface area contributed by atoms with Gasteiger partial charge in [-0.1, -0.05) is 93.3 Å². The van der Waals surface area contributed by atoms with Crippen molar-refractivity contribution in [3.63, 3.8) is 0 Å². The number of nitrogens with one attached hydrogen (secondary N) is 1. The first kappa shape index (κ1) is 32.3. The number of benzene rings is 3. The summed E-state index contributed by atoms with van der Waals surface area (Å²) in [5.41, 5.74) is 4.15. The predicted octanol–water partition coefficient (Wildman–Crippen LogP) is 6.32. The van der Waals surface area contributed by atoms with Crippen LogP contribution in [0.15, 0.2) is 77.7 Å². The summed E-state index contributed by atoms with van der Waals surface area (Å²) in [6.07, 6.45) is 6.21. The fourth-order valence-corrected chi connectivity index (χ4v) is 7.29. The molecule has 3 aromatic rings. The molecule has 1 aliphatic carbocycles. The van der Waals surface area contributed by atoms with Gasteiger partial charge in [-0.15, -0.1) is 0 Å². The van der Waals surface area contributed by atoms with E-state index in [0.29, 0.717) is 18.5 Å². The summed E-state index contributed by atoms with van der Waals surface area (Å²) in [7, 11) is -4.10. The maximum Gasteiger partial charge on any atom is 0.264 e. The van der Waals surface area contributed by atoms with Gasteiger partial charge in [-0.3, -0.25) is 13.9 Å². The third-order valence-corrected chi connectivity index (χ3v) is 10.2. The second kappa shape index (κ2) is 14.7. The molecule has 1 N–H and O–H groups in total. The Morgan fingerprint density at radius 2 is 1.49 bits per heavy atom. The highest BCUT2D eigenvalue weighted by Gasteiger charge is 2.35. The second-order valence-corrected chi connectivity index (χ2v) is 13.4. The molecule has 43 heavy (non-hydrogen) atoms. The van der Waals surface area contributed by atoms with Crippen LogP contribution in [-0.2, 0) is 32.6 Å². The number of sulfonamides is 1. The van der Waals surface area contributed by atoms with Crippen LogP contribution >= 0.6 is 0 Å². The first-order valence-electron chi connectivity index (χ1n) is 15.5. The van der Waals surface area contributed by atoms with Gasteiger partial charge in [-0.05, 0) is 74.4 Å². The van der Waals surface area contributed by atoms with Gasteiger partial charge in [0.25, 0.3) is 10.0 Å². The van der Waals surface area contributed by atoms with E-state index in [2.05, 4.69) is 5.32 Å². The number of carbonyl (C=O) groups is 2. The molecule has 4 rings (SSSR count). The number of anilines is 1. The average Bonchev–Trinajstić information content (AvgIpc) is 3.01. The molecule has 1 atom stereocenters. The molecule has 0 heterocycles. The van der Waals surface area contributed by atoms with E-state index >= 15 is 0 Å². The van der Waals surface area contributed by atoms with Crippen LogP contribution in [0.5, 0.6) is 0 Å². The Morgan fingerprint density at radius 3 is 2.12 bits per heavy atom. The molecule has 0 radical (unpaired) electrons. The van der Waals surface area contributed by atoms with Crippen LogP contribution in [0.1, 0.15) is 74.6 Å². The van der Waals surface area contributed by atoms with Gasteiger partial charge in [0, 0.05) is 12.6 Å². The van der Waals surface area contributed by atoms with E-state index in [9.17, 15) is 18.0 Å². The van der Waals surface area contributed by atoms with Gasteiger partial charge >= 0.3 is 0 Å². The highest BCUT2D eigenvalue weighted by Crippen LogP contribution is 2.29. The van der Waals surface area contributed by atoms with Gasteiger partial charge in [0.15, 0.2) is 0 Å². The molecular formula is C35H45N3O4S. The van der Waals surface area contributed by atoms with Crippen LogP contribution in [0.2, 0.25) is 0 Å². The summed E-state index contributed by atoms with van der Waals surface area (Å²) in [5.74, 6) is -0.603. The maximum absolute atomic E-state index is 14.4. The van der Waals surface area contributed by atoms with Crippen molar-refractivity contribution < 1.29 is 18.0 Å². The summed E-state index contributed by atoms with van der Waals surface area (Å²) >= 11 is 0. The third kappa shape index (κ3) is 7.85. The molecule has 230 valence electrons. The van der Waals surface area contributed by atoms with Crippen LogP contribution in [0.25, 0.3) is 0 Å². The lowest BCUT2D eigenvalue weighted by Gasteiger charge is -2.35. The summed E-state index contributed by atoms with van der Waals surface area (Å²) in [5, 5.41) is 3.21. The first-order chi connectivity index (χ1) is 20.6. The minimum absolute atomic E-state index is 0.0977. The van der Waals surface area contributed by atoms with Crippen LogP contribution in [0, 0.1) is 13.8 Å². The quantitative estimate of drug-likeness (QED) is 0.263. The number of carbonyl (C=O) groups excluding carboxylic acids is 2. The molecule has 8 heteroatoms. The second-order valence-electron chi connectivity index (χ2n) is 11.5. The van der Waals surface area contributed by atoms with E-state index < -0.39 is 28.5 Å². The molecule has 0 saturated heterocycles. The van der Waals surface area contributed by atoms with Crippen molar-refractivity contribution in [2.45, 2.75) is 96.2 Å². The number of hydrogen-bond donors (Lipinski definition) is 1. The van der Waals surface area contributed by atoms with Gasteiger partial charge in [0.05, 0.1) is 10.6 Å². The number of nitrogens with zero attached hydrogens (tertiary/aromatic N) is 2. The topological polar surface area (TPSA) is 86.8 Å². The van der Waals surface area contributed by atoms with Crippen molar-refractivity contribution in [3.8, 4) is 0 Å². The molecule has 3 aromatic carbocycles. The van der Waals surface area contributed by atoms with Crippen LogP contribution in [-0.4, -0.2) is 43.8 Å². The highest BCUT2D eigenvalue weighted by atomic mass is 32.2. The minimum Gasteiger partial charge on any atom is -0.352 e. The van der Waals surface area contributed by atoms with Crippen molar-refractivity contribution in [2.75, 3.05) is 10.8 Å². The van der Waals surface area contributed by atoms with Crippen LogP contribution in [0.4, 0.5) is 5.69 Å². The lowest BCUT2D eigenvalue weighted by Crippen LogP contribution is -2.54. The molecule has 7 nitrogen and oxygen atoms in total. The molecule has 0 aromatic heterocycles. The van der Waals surface area contributed by atoms with Crippen molar-refractivity contribution in [1.82, 2.24) is 10.2 Å². The largest absolute Gasteiger partial charge is 0.352 e. The van der Waals surface area contributed by atoms with Crippen molar-refractivity contribution in [3.05, 3.63) is 95.1 Å². The minimum atomic E-state index is -4.10. The molecular weight excluding hydrogens is 558 g/mol. The van der Waals surface area contributed by atoms with Gasteiger partial charge in [0.2, 0.25) is 11.8 Å². The first-order valence-corrected chi connectivity index (χ1v) is 16.9. The van der Waals surface area contributed by atoms with E-state index in [1.165, 1.54) is 10.7 Å². The standard InChI is InChI=1S/C35H45N3O4S/c1-5-28-15-12-13-19-33(28)38(43(41,42)31-22-20-26(3)21-23-31)25-34(39)37(24-29-16-11-10-14-27(29)4)32(6-2)35(40)36-30-17-8-7-9-18-30/h10-16,19-23,30,32H,5-9,17-18,24-25H2,1-4H3,(H,36,40)/t32-/m0/s1. The normalized spacial score (nSPS) is 14.6. The predicted molar refractivity (Wildman–Crippen MR) is 172 cm³/mol. The fourth-order valence-electron chi connectivity index (χ4n) is 5.84. The van der Waals surface area contributed by atoms with E-state index in [1.807, 2.05) is 64.1 Å². The Morgan fingerprint density at radius 1 is 0.860 bits per heavy atom. The maximum atomic E-state index is 14.4. The number of hydrogen-bond acceptors (Lipinski definition) is 4. The van der Waals surface area contributed by atoms with Crippen LogP contribution in [0.3, 0.4) is 0 Å². The van der Waals surface area contributed by atoms with E-state index in [4.69, 9.17) is 0 Å². The van der Waals surface area contributed by atoms with Gasteiger partial charge in [-0.25, -0.2) is 8.42 Å². The Bertz CT molecular complexity index is 1500. The Labute approximate surface area is 257 Å². The molecule has 2 amide bonds. The van der Waals surface area contributed by atoms with E-state index in [0.717, 1.165) is 47.9 Å². The molecule has 1 aliphatic rings. The Balaban J connectivity index is 1.74. The van der Waals surface area contributed by atoms with Crippen LogP contribution < -0.4 is 9.62 Å². The summed E-state index contributed by atoms with van der Waals surface area (Å²) in [6, 6.07) is 21.1. The van der Waals surface area contributed by atoms with Gasteiger partial charge in [-0.2, -0.15) is 0 Å². The van der Waals surface area contributed by atoms with Crippen molar-refractivity contribution in [2.24, 2.45) is 0 Å². The molecule has 0 unspecified atom stereocenters. The molecule has 0 spiro atoms. The number of amides is 2. The van der Waals surface area contributed by atoms with Gasteiger partial charge < -0.3 is 10.2 Å². The summed E-state index contributed by atoms with van der Waals surface area (Å²) < 4.78 is 29.6. The SMILES string of the molecule is CCc1ccccc1N(CC(=O)N(Cc1ccccc1C)[C@@H](CC)C(=O)NC1CCCCC1)S(=O)(=O)c1ccc(C)cc1. The average molecular weight is 604 g/mol. The number of para-hydroxylation sites is 1. The third-order valence-electron chi connectivity index (χ3n) is 8.47. The lowest BCUT2D eigenvalue weighted by molar-refractivity contribution is -0.140. The highest BCUT2D eigenvalue weighted by molar-refractivity contribution is 7.92. The summed E-state index contributed by atoms with van der Waals surface area (Å²) in [6.45, 7) is 7.52. The number of aryl methyl sites for hydroxylation is 3. The zero-order valence-electron chi connectivity index (χ0n) is 25.9. The monoisotopic (exact) mass is 603 g/mol. The van der Waals surface area contributed by atoms with Crippen molar-refractivity contribution in [1.29, 1.82) is 0 Å². The zero-order chi connectivity index (χ0) is 31.0. The number of rotatable bonds is 12. The smallest absolute Gasteiger partial charge is 0.264 e. The molecule has 1 saturated carbocycles. The zero-order valence-corrected chi connectivity index (χ0v) is 26.7. The van der Waals surface area contributed by atoms with E-state index in [1.54, 1.807) is 41.3 Å². The Kier molecular flexibility index (Phi) is 11.0. The van der Waals surface area contributed by atoms with Crippen molar-refractivity contribution >= 4 is 27.5 Å². The molecule has 0 bridgehead atoms. The van der Waals surface area contributed by atoms with E-state index in [-0.39, 0.29) is 23.4 Å².